The van der Waals surface area contributed by atoms with Crippen LogP contribution in [-0.2, 0) is 14.3 Å². The van der Waals surface area contributed by atoms with Crippen LogP contribution in [0.25, 0.3) is 5.69 Å². The summed E-state index contributed by atoms with van der Waals surface area (Å²) in [5, 5.41) is 7.17. The maximum absolute atomic E-state index is 12.2. The van der Waals surface area contributed by atoms with Gasteiger partial charge in [0.2, 0.25) is 5.91 Å². The van der Waals surface area contributed by atoms with E-state index in [0.29, 0.717) is 6.42 Å². The standard InChI is InChI=1S/C17H19N3O3/c1-11(19-16(21)14-10-15(14)17(22)23-2)12-5-3-6-13(9-12)20-8-4-7-18-20/h3-9,11,14-15H,10H2,1-2H3,(H,19,21)/t11-,14-,15+/m1/s1. The first-order valence-electron chi connectivity index (χ1n) is 7.58. The predicted molar refractivity (Wildman–Crippen MR) is 83.7 cm³/mol. The molecule has 1 aromatic carbocycles. The monoisotopic (exact) mass is 313 g/mol. The van der Waals surface area contributed by atoms with E-state index in [9.17, 15) is 9.59 Å². The fourth-order valence-corrected chi connectivity index (χ4v) is 2.66. The van der Waals surface area contributed by atoms with Crippen molar-refractivity contribution in [3.05, 3.63) is 48.3 Å². The molecule has 1 aliphatic carbocycles. The molecular weight excluding hydrogens is 294 g/mol. The number of carbonyl (C=O) groups is 2. The van der Waals surface area contributed by atoms with Gasteiger partial charge in [0.1, 0.15) is 0 Å². The molecule has 2 aromatic rings. The maximum atomic E-state index is 12.2. The van der Waals surface area contributed by atoms with Gasteiger partial charge in [-0.25, -0.2) is 4.68 Å². The van der Waals surface area contributed by atoms with Crippen LogP contribution < -0.4 is 5.32 Å². The zero-order chi connectivity index (χ0) is 16.4. The number of benzene rings is 1. The number of nitrogens with one attached hydrogen (secondary N) is 1. The second-order valence-corrected chi connectivity index (χ2v) is 5.75. The molecule has 0 bridgehead atoms. The molecule has 3 atom stereocenters. The van der Waals surface area contributed by atoms with Gasteiger partial charge in [-0.15, -0.1) is 0 Å². The molecule has 6 heteroatoms. The fourth-order valence-electron chi connectivity index (χ4n) is 2.66. The van der Waals surface area contributed by atoms with Crippen LogP contribution in [0.3, 0.4) is 0 Å². The second-order valence-electron chi connectivity index (χ2n) is 5.75. The summed E-state index contributed by atoms with van der Waals surface area (Å²) in [5.74, 6) is -0.960. The number of ether oxygens (including phenoxy) is 1. The number of hydrogen-bond acceptors (Lipinski definition) is 4. The van der Waals surface area contributed by atoms with Gasteiger partial charge in [-0.2, -0.15) is 5.10 Å². The van der Waals surface area contributed by atoms with E-state index in [1.807, 2.05) is 43.5 Å². The molecule has 1 saturated carbocycles. The number of nitrogens with zero attached hydrogens (tertiary/aromatic N) is 2. The number of esters is 1. The largest absolute Gasteiger partial charge is 0.469 e. The highest BCUT2D eigenvalue weighted by Crippen LogP contribution is 2.39. The van der Waals surface area contributed by atoms with Gasteiger partial charge in [0.05, 0.1) is 30.7 Å². The lowest BCUT2D eigenvalue weighted by Gasteiger charge is -2.15. The summed E-state index contributed by atoms with van der Waals surface area (Å²) in [6.45, 7) is 1.93. The molecule has 6 nitrogen and oxygen atoms in total. The molecule has 1 amide bonds. The molecule has 1 fully saturated rings. The van der Waals surface area contributed by atoms with Crippen LogP contribution in [0.4, 0.5) is 0 Å². The normalized spacial score (nSPS) is 20.6. The van der Waals surface area contributed by atoms with Gasteiger partial charge < -0.3 is 10.1 Å². The van der Waals surface area contributed by atoms with Crippen molar-refractivity contribution in [2.75, 3.05) is 7.11 Å². The molecule has 0 unspecified atom stereocenters. The summed E-state index contributed by atoms with van der Waals surface area (Å²) in [6, 6.07) is 9.56. The van der Waals surface area contributed by atoms with Crippen LogP contribution in [0.15, 0.2) is 42.7 Å². The third-order valence-electron chi connectivity index (χ3n) is 4.13. The van der Waals surface area contributed by atoms with Crippen molar-refractivity contribution >= 4 is 11.9 Å². The van der Waals surface area contributed by atoms with E-state index in [0.717, 1.165) is 11.3 Å². The van der Waals surface area contributed by atoms with Crippen molar-refractivity contribution < 1.29 is 14.3 Å². The molecule has 0 saturated heterocycles. The van der Waals surface area contributed by atoms with E-state index in [1.165, 1.54) is 7.11 Å². The van der Waals surface area contributed by atoms with Gasteiger partial charge in [-0.05, 0) is 37.1 Å². The van der Waals surface area contributed by atoms with Crippen molar-refractivity contribution in [3.63, 3.8) is 0 Å². The third-order valence-corrected chi connectivity index (χ3v) is 4.13. The number of aromatic nitrogens is 2. The summed E-state index contributed by atoms with van der Waals surface area (Å²) < 4.78 is 6.44. The van der Waals surface area contributed by atoms with Gasteiger partial charge in [-0.1, -0.05) is 12.1 Å². The van der Waals surface area contributed by atoms with Crippen molar-refractivity contribution in [1.29, 1.82) is 0 Å². The first-order valence-corrected chi connectivity index (χ1v) is 7.58. The van der Waals surface area contributed by atoms with Crippen molar-refractivity contribution in [3.8, 4) is 5.69 Å². The van der Waals surface area contributed by atoms with Crippen molar-refractivity contribution in [1.82, 2.24) is 15.1 Å². The highest BCUT2D eigenvalue weighted by molar-refractivity contribution is 5.90. The number of amides is 1. The third kappa shape index (κ3) is 3.26. The lowest BCUT2D eigenvalue weighted by molar-refractivity contribution is -0.143. The summed E-state index contributed by atoms with van der Waals surface area (Å²) >= 11 is 0. The molecule has 1 aliphatic rings. The van der Waals surface area contributed by atoms with E-state index in [4.69, 9.17) is 0 Å². The molecule has 0 radical (unpaired) electrons. The van der Waals surface area contributed by atoms with E-state index in [2.05, 4.69) is 15.2 Å². The minimum Gasteiger partial charge on any atom is -0.469 e. The molecule has 1 aromatic heterocycles. The highest BCUT2D eigenvalue weighted by atomic mass is 16.5. The Bertz CT molecular complexity index is 712. The van der Waals surface area contributed by atoms with Crippen LogP contribution in [-0.4, -0.2) is 28.8 Å². The first-order chi connectivity index (χ1) is 11.1. The predicted octanol–water partition coefficient (Wildman–Crippen LogP) is 1.86. The molecule has 1 N–H and O–H groups in total. The van der Waals surface area contributed by atoms with Crippen LogP contribution in [0, 0.1) is 11.8 Å². The van der Waals surface area contributed by atoms with E-state index in [-0.39, 0.29) is 29.8 Å². The molecule has 0 aliphatic heterocycles. The Hall–Kier alpha value is -2.63. The van der Waals surface area contributed by atoms with E-state index < -0.39 is 0 Å². The first kappa shape index (κ1) is 15.3. The lowest BCUT2D eigenvalue weighted by Crippen LogP contribution is -2.29. The number of rotatable bonds is 5. The van der Waals surface area contributed by atoms with Gasteiger partial charge in [0.15, 0.2) is 0 Å². The van der Waals surface area contributed by atoms with E-state index >= 15 is 0 Å². The Labute approximate surface area is 134 Å². The highest BCUT2D eigenvalue weighted by Gasteiger charge is 2.49. The van der Waals surface area contributed by atoms with E-state index in [1.54, 1.807) is 10.9 Å². The molecule has 0 spiro atoms. The number of hydrogen-bond donors (Lipinski definition) is 1. The summed E-state index contributed by atoms with van der Waals surface area (Å²) in [5.41, 5.74) is 1.93. The molecule has 1 heterocycles. The quantitative estimate of drug-likeness (QED) is 0.855. The Morgan fingerprint density at radius 1 is 1.35 bits per heavy atom. The molecule has 120 valence electrons. The molecule has 23 heavy (non-hydrogen) atoms. The Morgan fingerprint density at radius 2 is 2.17 bits per heavy atom. The zero-order valence-corrected chi connectivity index (χ0v) is 13.1. The Balaban J connectivity index is 1.65. The van der Waals surface area contributed by atoms with Crippen LogP contribution in [0.5, 0.6) is 0 Å². The second kappa shape index (κ2) is 6.24. The van der Waals surface area contributed by atoms with Gasteiger partial charge in [-0.3, -0.25) is 9.59 Å². The summed E-state index contributed by atoms with van der Waals surface area (Å²) in [7, 11) is 1.35. The average molecular weight is 313 g/mol. The topological polar surface area (TPSA) is 73.2 Å². The number of methoxy groups -OCH3 is 1. The minimum atomic E-state index is -0.307. The van der Waals surface area contributed by atoms with Crippen LogP contribution in [0.1, 0.15) is 24.9 Å². The molecular formula is C17H19N3O3. The van der Waals surface area contributed by atoms with Gasteiger partial charge >= 0.3 is 5.97 Å². The Morgan fingerprint density at radius 3 is 2.87 bits per heavy atom. The Kier molecular flexibility index (Phi) is 4.14. The van der Waals surface area contributed by atoms with Gasteiger partial charge in [0.25, 0.3) is 0 Å². The zero-order valence-electron chi connectivity index (χ0n) is 13.1. The van der Waals surface area contributed by atoms with Crippen molar-refractivity contribution in [2.24, 2.45) is 11.8 Å². The average Bonchev–Trinajstić information content (AvgIpc) is 3.19. The van der Waals surface area contributed by atoms with Crippen molar-refractivity contribution in [2.45, 2.75) is 19.4 Å². The SMILES string of the molecule is COC(=O)[C@H]1C[C@H]1C(=O)N[C@H](C)c1cccc(-n2cccn2)c1. The molecule has 3 rings (SSSR count). The maximum Gasteiger partial charge on any atom is 0.309 e. The lowest BCUT2D eigenvalue weighted by atomic mass is 10.1. The smallest absolute Gasteiger partial charge is 0.309 e. The minimum absolute atomic E-state index is 0.0996. The summed E-state index contributed by atoms with van der Waals surface area (Å²) in [6.07, 6.45) is 4.16. The van der Waals surface area contributed by atoms with Gasteiger partial charge in [0, 0.05) is 12.4 Å². The van der Waals surface area contributed by atoms with Crippen LogP contribution in [0.2, 0.25) is 0 Å². The van der Waals surface area contributed by atoms with Crippen LogP contribution >= 0.6 is 0 Å². The fraction of sp³-hybridized carbons (Fsp3) is 0.353. The number of carbonyl (C=O) groups excluding carboxylic acids is 2. The summed E-state index contributed by atoms with van der Waals surface area (Å²) in [4.78, 5) is 23.6.